The molecule has 0 spiro atoms. The summed E-state index contributed by atoms with van der Waals surface area (Å²) in [5.41, 5.74) is 0.599. The first kappa shape index (κ1) is 14.8. The molecular formula is C15H19Cl2NO. The van der Waals surface area contributed by atoms with Crippen LogP contribution in [-0.4, -0.2) is 18.9 Å². The monoisotopic (exact) mass is 299 g/mol. The Hall–Kier alpha value is -0.570. The average molecular weight is 300 g/mol. The van der Waals surface area contributed by atoms with Crippen LogP contribution in [-0.2, 0) is 11.2 Å². The molecule has 4 heteroatoms. The predicted octanol–water partition coefficient (Wildman–Crippen LogP) is 3.88. The number of rotatable bonds is 4. The second-order valence-electron chi connectivity index (χ2n) is 5.23. The van der Waals surface area contributed by atoms with E-state index in [9.17, 15) is 4.79 Å². The molecule has 0 radical (unpaired) electrons. The number of piperidine rings is 1. The third kappa shape index (κ3) is 3.13. The van der Waals surface area contributed by atoms with Gasteiger partial charge in [0.25, 0.3) is 0 Å². The molecule has 1 atom stereocenters. The van der Waals surface area contributed by atoms with Gasteiger partial charge in [0.1, 0.15) is 5.78 Å². The lowest BCUT2D eigenvalue weighted by molar-refractivity contribution is -0.129. The van der Waals surface area contributed by atoms with Gasteiger partial charge in [-0.3, -0.25) is 4.79 Å². The van der Waals surface area contributed by atoms with Crippen molar-refractivity contribution in [2.45, 2.75) is 32.6 Å². The molecule has 104 valence electrons. The molecule has 1 saturated heterocycles. The molecule has 0 aliphatic carbocycles. The van der Waals surface area contributed by atoms with E-state index in [-0.39, 0.29) is 11.2 Å². The Morgan fingerprint density at radius 3 is 2.84 bits per heavy atom. The number of hydrogen-bond donors (Lipinski definition) is 1. The highest BCUT2D eigenvalue weighted by atomic mass is 35.5. The van der Waals surface area contributed by atoms with Crippen LogP contribution in [0.3, 0.4) is 0 Å². The molecule has 19 heavy (non-hydrogen) atoms. The van der Waals surface area contributed by atoms with Gasteiger partial charge in [0, 0.05) is 18.4 Å². The summed E-state index contributed by atoms with van der Waals surface area (Å²) in [6, 6.07) is 5.47. The van der Waals surface area contributed by atoms with Gasteiger partial charge >= 0.3 is 0 Å². The summed E-state index contributed by atoms with van der Waals surface area (Å²) in [5.74, 6) is 0.270. The van der Waals surface area contributed by atoms with Crippen molar-refractivity contribution in [3.05, 3.63) is 33.8 Å². The van der Waals surface area contributed by atoms with Crippen LogP contribution in [0.4, 0.5) is 0 Å². The zero-order chi connectivity index (χ0) is 13.9. The summed E-state index contributed by atoms with van der Waals surface area (Å²) in [4.78, 5) is 12.6. The summed E-state index contributed by atoms with van der Waals surface area (Å²) in [6.45, 7) is 3.87. The van der Waals surface area contributed by atoms with E-state index in [0.29, 0.717) is 16.5 Å². The van der Waals surface area contributed by atoms with E-state index < -0.39 is 0 Å². The second kappa shape index (κ2) is 6.25. The fraction of sp³-hybridized carbons (Fsp3) is 0.533. The molecule has 1 aromatic rings. The van der Waals surface area contributed by atoms with Crippen LogP contribution in [0.1, 0.15) is 31.7 Å². The molecule has 1 heterocycles. The highest BCUT2D eigenvalue weighted by molar-refractivity contribution is 6.42. The van der Waals surface area contributed by atoms with E-state index >= 15 is 0 Å². The summed E-state index contributed by atoms with van der Waals surface area (Å²) < 4.78 is 0. The van der Waals surface area contributed by atoms with Crippen molar-refractivity contribution in [1.29, 1.82) is 0 Å². The summed E-state index contributed by atoms with van der Waals surface area (Å²) in [7, 11) is 0. The Balaban J connectivity index is 2.17. The standard InChI is InChI=1S/C15H19Cl2NO/c1-2-15(7-4-8-18-10-15)13(19)9-11-5-3-6-12(16)14(11)17/h3,5-6,18H,2,4,7-10H2,1H3. The van der Waals surface area contributed by atoms with Crippen molar-refractivity contribution >= 4 is 29.0 Å². The molecule has 1 aliphatic heterocycles. The highest BCUT2D eigenvalue weighted by Gasteiger charge is 2.37. The van der Waals surface area contributed by atoms with Crippen molar-refractivity contribution in [3.8, 4) is 0 Å². The highest BCUT2D eigenvalue weighted by Crippen LogP contribution is 2.34. The number of nitrogens with one attached hydrogen (secondary N) is 1. The number of ketones is 1. The van der Waals surface area contributed by atoms with Gasteiger partial charge in [-0.1, -0.05) is 42.3 Å². The third-order valence-electron chi connectivity index (χ3n) is 4.12. The van der Waals surface area contributed by atoms with Crippen molar-refractivity contribution in [1.82, 2.24) is 5.32 Å². The maximum Gasteiger partial charge on any atom is 0.144 e. The zero-order valence-electron chi connectivity index (χ0n) is 11.1. The van der Waals surface area contributed by atoms with Gasteiger partial charge in [-0.05, 0) is 37.4 Å². The molecule has 2 rings (SSSR count). The number of carbonyl (C=O) groups is 1. The maximum atomic E-state index is 12.6. The summed E-state index contributed by atoms with van der Waals surface area (Å²) in [6.07, 6.45) is 3.27. The van der Waals surface area contributed by atoms with Crippen molar-refractivity contribution < 1.29 is 4.79 Å². The van der Waals surface area contributed by atoms with E-state index in [4.69, 9.17) is 23.2 Å². The van der Waals surface area contributed by atoms with Gasteiger partial charge < -0.3 is 5.32 Å². The lowest BCUT2D eigenvalue weighted by Gasteiger charge is -2.35. The van der Waals surface area contributed by atoms with Crippen LogP contribution in [0.15, 0.2) is 18.2 Å². The smallest absolute Gasteiger partial charge is 0.144 e. The van der Waals surface area contributed by atoms with E-state index in [0.717, 1.165) is 37.9 Å². The zero-order valence-corrected chi connectivity index (χ0v) is 12.7. The van der Waals surface area contributed by atoms with Crippen molar-refractivity contribution in [2.24, 2.45) is 5.41 Å². The third-order valence-corrected chi connectivity index (χ3v) is 4.98. The van der Waals surface area contributed by atoms with Crippen LogP contribution >= 0.6 is 23.2 Å². The summed E-state index contributed by atoms with van der Waals surface area (Å²) >= 11 is 12.2. The first-order valence-corrected chi connectivity index (χ1v) is 7.51. The molecule has 2 nitrogen and oxygen atoms in total. The molecule has 1 unspecified atom stereocenters. The Kier molecular flexibility index (Phi) is 4.88. The quantitative estimate of drug-likeness (QED) is 0.914. The average Bonchev–Trinajstić information content (AvgIpc) is 2.44. The number of halogens is 2. The fourth-order valence-corrected chi connectivity index (χ4v) is 3.14. The van der Waals surface area contributed by atoms with Gasteiger partial charge in [-0.25, -0.2) is 0 Å². The van der Waals surface area contributed by atoms with E-state index in [1.165, 1.54) is 0 Å². The molecule has 1 aliphatic rings. The number of Topliss-reactive ketones (excluding diaryl/α,β-unsaturated/α-hetero) is 1. The minimum Gasteiger partial charge on any atom is -0.316 e. The Bertz CT molecular complexity index is 467. The van der Waals surface area contributed by atoms with Gasteiger partial charge in [0.15, 0.2) is 0 Å². The second-order valence-corrected chi connectivity index (χ2v) is 6.01. The van der Waals surface area contributed by atoms with Crippen LogP contribution in [0.2, 0.25) is 10.0 Å². The van der Waals surface area contributed by atoms with Crippen molar-refractivity contribution in [3.63, 3.8) is 0 Å². The largest absolute Gasteiger partial charge is 0.316 e. The van der Waals surface area contributed by atoms with Gasteiger partial charge in [-0.15, -0.1) is 0 Å². The fourth-order valence-electron chi connectivity index (χ4n) is 2.75. The van der Waals surface area contributed by atoms with Crippen LogP contribution < -0.4 is 5.32 Å². The van der Waals surface area contributed by atoms with Gasteiger partial charge in [0.2, 0.25) is 0 Å². The lowest BCUT2D eigenvalue weighted by Crippen LogP contribution is -2.45. The first-order chi connectivity index (χ1) is 9.09. The van der Waals surface area contributed by atoms with Crippen molar-refractivity contribution in [2.75, 3.05) is 13.1 Å². The Labute approximate surface area is 124 Å². The molecule has 0 saturated carbocycles. The van der Waals surface area contributed by atoms with Gasteiger partial charge in [0.05, 0.1) is 10.0 Å². The summed E-state index contributed by atoms with van der Waals surface area (Å²) in [5, 5.41) is 4.36. The molecule has 1 aromatic carbocycles. The topological polar surface area (TPSA) is 29.1 Å². The van der Waals surface area contributed by atoms with E-state index in [2.05, 4.69) is 12.2 Å². The number of carbonyl (C=O) groups excluding carboxylic acids is 1. The minimum absolute atomic E-state index is 0.232. The minimum atomic E-state index is -0.232. The molecule has 0 bridgehead atoms. The normalized spacial score (nSPS) is 23.3. The van der Waals surface area contributed by atoms with Crippen LogP contribution in [0, 0.1) is 5.41 Å². The first-order valence-electron chi connectivity index (χ1n) is 6.76. The lowest BCUT2D eigenvalue weighted by atomic mass is 9.73. The van der Waals surface area contributed by atoms with Gasteiger partial charge in [-0.2, -0.15) is 0 Å². The number of hydrogen-bond acceptors (Lipinski definition) is 2. The molecule has 1 fully saturated rings. The Morgan fingerprint density at radius 2 is 2.21 bits per heavy atom. The molecule has 1 N–H and O–H groups in total. The SMILES string of the molecule is CCC1(C(=O)Cc2cccc(Cl)c2Cl)CCCNC1. The molecular weight excluding hydrogens is 281 g/mol. The van der Waals surface area contributed by atoms with E-state index in [1.807, 2.05) is 12.1 Å². The maximum absolute atomic E-state index is 12.6. The predicted molar refractivity (Wildman–Crippen MR) is 80.0 cm³/mol. The molecule has 0 aromatic heterocycles. The van der Waals surface area contributed by atoms with Crippen LogP contribution in [0.25, 0.3) is 0 Å². The van der Waals surface area contributed by atoms with E-state index in [1.54, 1.807) is 6.07 Å². The molecule has 0 amide bonds. The number of benzene rings is 1. The van der Waals surface area contributed by atoms with Crippen LogP contribution in [0.5, 0.6) is 0 Å². The Morgan fingerprint density at radius 1 is 1.42 bits per heavy atom.